The van der Waals surface area contributed by atoms with Crippen molar-refractivity contribution in [2.24, 2.45) is 11.0 Å². The van der Waals surface area contributed by atoms with Gasteiger partial charge in [0.2, 0.25) is 11.8 Å². The molecule has 2 N–H and O–H groups in total. The van der Waals surface area contributed by atoms with Crippen LogP contribution in [-0.2, 0) is 9.59 Å². The number of hydrogen-bond donors (Lipinski definition) is 2. The molecule has 0 bridgehead atoms. The van der Waals surface area contributed by atoms with Crippen molar-refractivity contribution in [2.75, 3.05) is 6.54 Å². The summed E-state index contributed by atoms with van der Waals surface area (Å²) in [6.45, 7) is 0.367. The second-order valence-corrected chi connectivity index (χ2v) is 5.71. The minimum absolute atomic E-state index is 0.00295. The molecule has 5 heteroatoms. The normalized spacial score (nSPS) is 16.8. The molecule has 0 saturated carbocycles. The molecular formula is C19H19N3O2. The first-order chi connectivity index (χ1) is 11.7. The van der Waals surface area contributed by atoms with Gasteiger partial charge in [0.05, 0.1) is 11.6 Å². The molecule has 1 unspecified atom stereocenters. The van der Waals surface area contributed by atoms with Gasteiger partial charge in [-0.25, -0.2) is 5.43 Å². The Balaban J connectivity index is 1.80. The number of hydrazone groups is 1. The number of nitrogens with one attached hydrogen (secondary N) is 2. The van der Waals surface area contributed by atoms with E-state index in [0.717, 1.165) is 11.1 Å². The van der Waals surface area contributed by atoms with Gasteiger partial charge in [-0.05, 0) is 6.42 Å². The molecular weight excluding hydrogens is 302 g/mol. The van der Waals surface area contributed by atoms with Crippen LogP contribution in [0.15, 0.2) is 65.8 Å². The summed E-state index contributed by atoms with van der Waals surface area (Å²) in [6, 6.07) is 19.5. The lowest BCUT2D eigenvalue weighted by atomic mass is 9.99. The van der Waals surface area contributed by atoms with Gasteiger partial charge in [0, 0.05) is 24.1 Å². The summed E-state index contributed by atoms with van der Waals surface area (Å²) in [7, 11) is 0. The van der Waals surface area contributed by atoms with E-state index in [1.54, 1.807) is 0 Å². The summed E-state index contributed by atoms with van der Waals surface area (Å²) in [4.78, 5) is 23.5. The van der Waals surface area contributed by atoms with Crippen LogP contribution in [-0.4, -0.2) is 24.1 Å². The third-order valence-corrected chi connectivity index (χ3v) is 4.01. The fourth-order valence-corrected chi connectivity index (χ4v) is 2.65. The van der Waals surface area contributed by atoms with Gasteiger partial charge in [-0.2, -0.15) is 5.10 Å². The topological polar surface area (TPSA) is 70.6 Å². The Morgan fingerprint density at radius 3 is 2.08 bits per heavy atom. The maximum Gasteiger partial charge on any atom is 0.244 e. The Hall–Kier alpha value is -2.95. The molecule has 2 aromatic carbocycles. The lowest BCUT2D eigenvalue weighted by Crippen LogP contribution is -2.42. The highest BCUT2D eigenvalue weighted by Crippen LogP contribution is 2.13. The van der Waals surface area contributed by atoms with Crippen molar-refractivity contribution in [1.82, 2.24) is 10.7 Å². The molecule has 1 aliphatic heterocycles. The third kappa shape index (κ3) is 3.87. The minimum atomic E-state index is -0.237. The number of carbonyl (C=O) groups excluding carboxylic acids is 2. The van der Waals surface area contributed by atoms with Crippen molar-refractivity contribution >= 4 is 17.5 Å². The van der Waals surface area contributed by atoms with Gasteiger partial charge in [0.25, 0.3) is 0 Å². The van der Waals surface area contributed by atoms with Gasteiger partial charge in [-0.1, -0.05) is 60.7 Å². The molecule has 2 aromatic rings. The zero-order valence-electron chi connectivity index (χ0n) is 13.2. The first-order valence-electron chi connectivity index (χ1n) is 7.99. The number of amides is 2. The molecule has 1 fully saturated rings. The highest BCUT2D eigenvalue weighted by Gasteiger charge is 2.24. The SMILES string of the molecule is O=C1CCC(C(=O)NN=C(c2ccccc2)c2ccccc2)CN1. The lowest BCUT2D eigenvalue weighted by molar-refractivity contribution is -0.128. The smallest absolute Gasteiger partial charge is 0.244 e. The Morgan fingerprint density at radius 1 is 1.00 bits per heavy atom. The van der Waals surface area contributed by atoms with E-state index in [1.165, 1.54) is 0 Å². The highest BCUT2D eigenvalue weighted by atomic mass is 16.2. The number of carbonyl (C=O) groups is 2. The zero-order valence-corrected chi connectivity index (χ0v) is 13.2. The summed E-state index contributed by atoms with van der Waals surface area (Å²) in [5.41, 5.74) is 5.24. The second kappa shape index (κ2) is 7.55. The predicted molar refractivity (Wildman–Crippen MR) is 92.4 cm³/mol. The van der Waals surface area contributed by atoms with E-state index in [-0.39, 0.29) is 17.7 Å². The van der Waals surface area contributed by atoms with Crippen molar-refractivity contribution in [1.29, 1.82) is 0 Å². The molecule has 2 amide bonds. The van der Waals surface area contributed by atoms with Crippen LogP contribution in [0.1, 0.15) is 24.0 Å². The van der Waals surface area contributed by atoms with E-state index in [9.17, 15) is 9.59 Å². The van der Waals surface area contributed by atoms with Crippen LogP contribution in [0.4, 0.5) is 0 Å². The first kappa shape index (κ1) is 15.9. The molecule has 3 rings (SSSR count). The Kier molecular flexibility index (Phi) is 5.01. The summed E-state index contributed by atoms with van der Waals surface area (Å²) in [5.74, 6) is -0.407. The fraction of sp³-hybridized carbons (Fsp3) is 0.211. The van der Waals surface area contributed by atoms with E-state index in [4.69, 9.17) is 0 Å². The molecule has 1 saturated heterocycles. The molecule has 0 aromatic heterocycles. The largest absolute Gasteiger partial charge is 0.355 e. The summed E-state index contributed by atoms with van der Waals surface area (Å²) >= 11 is 0. The van der Waals surface area contributed by atoms with Gasteiger partial charge >= 0.3 is 0 Å². The Bertz CT molecular complexity index is 690. The van der Waals surface area contributed by atoms with Gasteiger partial charge in [-0.3, -0.25) is 9.59 Å². The molecule has 0 aliphatic carbocycles. The zero-order chi connectivity index (χ0) is 16.8. The standard InChI is InChI=1S/C19H19N3O2/c23-17-12-11-16(13-20-17)19(24)22-21-18(14-7-3-1-4-8-14)15-9-5-2-6-10-15/h1-10,16H,11-13H2,(H,20,23)(H,22,24). The maximum absolute atomic E-state index is 12.3. The second-order valence-electron chi connectivity index (χ2n) is 5.71. The molecule has 1 heterocycles. The average molecular weight is 321 g/mol. The predicted octanol–water partition coefficient (Wildman–Crippen LogP) is 2.08. The molecule has 24 heavy (non-hydrogen) atoms. The van der Waals surface area contributed by atoms with Crippen molar-refractivity contribution in [2.45, 2.75) is 12.8 Å². The number of nitrogens with zero attached hydrogens (tertiary/aromatic N) is 1. The van der Waals surface area contributed by atoms with Gasteiger partial charge in [-0.15, -0.1) is 0 Å². The Morgan fingerprint density at radius 2 is 1.58 bits per heavy atom. The van der Waals surface area contributed by atoms with E-state index in [1.807, 2.05) is 60.7 Å². The first-order valence-corrected chi connectivity index (χ1v) is 7.99. The third-order valence-electron chi connectivity index (χ3n) is 4.01. The number of piperidine rings is 1. The summed E-state index contributed by atoms with van der Waals surface area (Å²) < 4.78 is 0. The van der Waals surface area contributed by atoms with Crippen LogP contribution >= 0.6 is 0 Å². The molecule has 0 radical (unpaired) electrons. The van der Waals surface area contributed by atoms with Crippen LogP contribution in [0, 0.1) is 5.92 Å². The lowest BCUT2D eigenvalue weighted by Gasteiger charge is -2.20. The molecule has 1 atom stereocenters. The monoisotopic (exact) mass is 321 g/mol. The van der Waals surface area contributed by atoms with Gasteiger partial charge in [0.1, 0.15) is 0 Å². The maximum atomic E-state index is 12.3. The fourth-order valence-electron chi connectivity index (χ4n) is 2.65. The average Bonchev–Trinajstić information content (AvgIpc) is 2.64. The Labute approximate surface area is 140 Å². The van der Waals surface area contributed by atoms with Crippen molar-refractivity contribution < 1.29 is 9.59 Å². The van der Waals surface area contributed by atoms with Crippen molar-refractivity contribution in [3.63, 3.8) is 0 Å². The number of hydrogen-bond acceptors (Lipinski definition) is 3. The van der Waals surface area contributed by atoms with Crippen LogP contribution in [0.5, 0.6) is 0 Å². The van der Waals surface area contributed by atoms with Crippen molar-refractivity contribution in [3.05, 3.63) is 71.8 Å². The van der Waals surface area contributed by atoms with E-state index in [0.29, 0.717) is 25.1 Å². The molecule has 1 aliphatic rings. The molecule has 5 nitrogen and oxygen atoms in total. The molecule has 0 spiro atoms. The van der Waals surface area contributed by atoms with Crippen LogP contribution in [0.25, 0.3) is 0 Å². The quantitative estimate of drug-likeness (QED) is 0.668. The summed E-state index contributed by atoms with van der Waals surface area (Å²) in [6.07, 6.45) is 0.936. The van der Waals surface area contributed by atoms with E-state index in [2.05, 4.69) is 15.8 Å². The summed E-state index contributed by atoms with van der Waals surface area (Å²) in [5, 5.41) is 7.08. The minimum Gasteiger partial charge on any atom is -0.355 e. The molecule has 122 valence electrons. The van der Waals surface area contributed by atoms with Crippen LogP contribution < -0.4 is 10.7 Å². The van der Waals surface area contributed by atoms with Crippen molar-refractivity contribution in [3.8, 4) is 0 Å². The van der Waals surface area contributed by atoms with E-state index < -0.39 is 0 Å². The van der Waals surface area contributed by atoms with Gasteiger partial charge in [0.15, 0.2) is 0 Å². The number of benzene rings is 2. The van der Waals surface area contributed by atoms with Crippen LogP contribution in [0.2, 0.25) is 0 Å². The van der Waals surface area contributed by atoms with Crippen LogP contribution in [0.3, 0.4) is 0 Å². The van der Waals surface area contributed by atoms with E-state index >= 15 is 0 Å². The highest BCUT2D eigenvalue weighted by molar-refractivity contribution is 6.13. The van der Waals surface area contributed by atoms with Gasteiger partial charge < -0.3 is 5.32 Å². The number of rotatable bonds is 4.